The van der Waals surface area contributed by atoms with E-state index >= 15 is 0 Å². The minimum Gasteiger partial charge on any atom is -0.478 e. The van der Waals surface area contributed by atoms with Gasteiger partial charge in [-0.05, 0) is 26.1 Å². The van der Waals surface area contributed by atoms with Crippen molar-refractivity contribution >= 4 is 11.8 Å². The van der Waals surface area contributed by atoms with Crippen LogP contribution >= 0.6 is 0 Å². The number of aryl methyl sites for hydroxylation is 1. The number of carboxylic acid groups (broad SMARTS) is 1. The molecule has 1 fully saturated rings. The van der Waals surface area contributed by atoms with Gasteiger partial charge in [-0.1, -0.05) is 6.07 Å². The molecule has 0 aromatic carbocycles. The summed E-state index contributed by atoms with van der Waals surface area (Å²) in [5, 5.41) is 9.47. The highest BCUT2D eigenvalue weighted by molar-refractivity contribution is 5.96. The van der Waals surface area contributed by atoms with Gasteiger partial charge in [0, 0.05) is 55.4 Å². The first kappa shape index (κ1) is 15.4. The summed E-state index contributed by atoms with van der Waals surface area (Å²) in [6.45, 7) is 5.62. The summed E-state index contributed by atoms with van der Waals surface area (Å²) in [6.07, 6.45) is 3.17. The standard InChI is InChI=1S/C17H20N4O2/c1-12-13(4-3-5-18-12)14-10-16(19-11-15(14)17(22)23)21-8-6-20(2)7-9-21/h3-5,10-11H,6-9H2,1-2H3,(H,22,23). The Morgan fingerprint density at radius 2 is 1.91 bits per heavy atom. The van der Waals surface area contributed by atoms with Crippen LogP contribution in [0.5, 0.6) is 0 Å². The van der Waals surface area contributed by atoms with Gasteiger partial charge in [0.15, 0.2) is 0 Å². The third-order valence-corrected chi connectivity index (χ3v) is 4.24. The maximum atomic E-state index is 11.6. The van der Waals surface area contributed by atoms with E-state index in [0.717, 1.165) is 43.3 Å². The van der Waals surface area contributed by atoms with Gasteiger partial charge in [-0.15, -0.1) is 0 Å². The summed E-state index contributed by atoms with van der Waals surface area (Å²) in [7, 11) is 2.10. The zero-order chi connectivity index (χ0) is 16.4. The number of anilines is 1. The number of aromatic carboxylic acids is 1. The molecule has 1 aliphatic heterocycles. The average molecular weight is 312 g/mol. The maximum Gasteiger partial charge on any atom is 0.337 e. The van der Waals surface area contributed by atoms with Crippen LogP contribution in [0.15, 0.2) is 30.6 Å². The number of piperazine rings is 1. The highest BCUT2D eigenvalue weighted by atomic mass is 16.4. The van der Waals surface area contributed by atoms with Crippen LogP contribution in [0.25, 0.3) is 11.1 Å². The van der Waals surface area contributed by atoms with Gasteiger partial charge in [-0.2, -0.15) is 0 Å². The topological polar surface area (TPSA) is 69.6 Å². The molecule has 0 saturated carbocycles. The normalized spacial score (nSPS) is 15.7. The maximum absolute atomic E-state index is 11.6. The molecule has 120 valence electrons. The summed E-state index contributed by atoms with van der Waals surface area (Å²) in [5.41, 5.74) is 2.53. The molecule has 3 rings (SSSR count). The molecular weight excluding hydrogens is 292 g/mol. The number of pyridine rings is 2. The summed E-state index contributed by atoms with van der Waals surface area (Å²) in [6, 6.07) is 5.60. The fourth-order valence-corrected chi connectivity index (χ4v) is 2.82. The first-order valence-corrected chi connectivity index (χ1v) is 7.65. The van der Waals surface area contributed by atoms with Crippen molar-refractivity contribution in [3.8, 4) is 11.1 Å². The highest BCUT2D eigenvalue weighted by Gasteiger charge is 2.20. The number of likely N-dealkylation sites (N-methyl/N-ethyl adjacent to an activating group) is 1. The minimum absolute atomic E-state index is 0.207. The lowest BCUT2D eigenvalue weighted by atomic mass is 10.00. The average Bonchev–Trinajstić information content (AvgIpc) is 2.55. The van der Waals surface area contributed by atoms with Crippen LogP contribution in [-0.2, 0) is 0 Å². The molecule has 0 bridgehead atoms. The number of carbonyl (C=O) groups is 1. The molecule has 0 atom stereocenters. The van der Waals surface area contributed by atoms with Crippen molar-refractivity contribution in [1.29, 1.82) is 0 Å². The van der Waals surface area contributed by atoms with E-state index in [1.165, 1.54) is 6.20 Å². The third kappa shape index (κ3) is 3.17. The number of hydrogen-bond acceptors (Lipinski definition) is 5. The molecule has 0 spiro atoms. The van der Waals surface area contributed by atoms with Crippen LogP contribution in [0, 0.1) is 6.92 Å². The van der Waals surface area contributed by atoms with Crippen LogP contribution in [0.4, 0.5) is 5.82 Å². The predicted octanol–water partition coefficient (Wildman–Crippen LogP) is 1.90. The second-order valence-electron chi connectivity index (χ2n) is 5.82. The van der Waals surface area contributed by atoms with Gasteiger partial charge in [-0.25, -0.2) is 9.78 Å². The van der Waals surface area contributed by atoms with Crippen molar-refractivity contribution in [2.75, 3.05) is 38.1 Å². The lowest BCUT2D eigenvalue weighted by Gasteiger charge is -2.33. The number of aromatic nitrogens is 2. The van der Waals surface area contributed by atoms with Gasteiger partial charge < -0.3 is 14.9 Å². The van der Waals surface area contributed by atoms with E-state index in [2.05, 4.69) is 26.8 Å². The number of hydrogen-bond donors (Lipinski definition) is 1. The molecule has 2 aromatic heterocycles. The SMILES string of the molecule is Cc1ncccc1-c1cc(N2CCN(C)CC2)ncc1C(=O)O. The Labute approximate surface area is 135 Å². The first-order valence-electron chi connectivity index (χ1n) is 7.65. The van der Waals surface area contributed by atoms with Crippen LogP contribution in [-0.4, -0.2) is 59.2 Å². The Morgan fingerprint density at radius 3 is 2.57 bits per heavy atom. The van der Waals surface area contributed by atoms with Gasteiger partial charge in [-0.3, -0.25) is 4.98 Å². The first-order chi connectivity index (χ1) is 11.1. The van der Waals surface area contributed by atoms with Gasteiger partial charge in [0.05, 0.1) is 5.56 Å². The molecule has 6 heteroatoms. The molecular formula is C17H20N4O2. The molecule has 2 aromatic rings. The quantitative estimate of drug-likeness (QED) is 0.933. The second kappa shape index (κ2) is 6.34. The molecule has 3 heterocycles. The lowest BCUT2D eigenvalue weighted by Crippen LogP contribution is -2.44. The second-order valence-corrected chi connectivity index (χ2v) is 5.82. The zero-order valence-electron chi connectivity index (χ0n) is 13.4. The Bertz CT molecular complexity index is 724. The number of rotatable bonds is 3. The summed E-state index contributed by atoms with van der Waals surface area (Å²) in [5.74, 6) is -0.151. The van der Waals surface area contributed by atoms with E-state index in [0.29, 0.717) is 5.56 Å². The summed E-state index contributed by atoms with van der Waals surface area (Å²) in [4.78, 5) is 24.7. The molecule has 0 unspecified atom stereocenters. The fraction of sp³-hybridized carbons (Fsp3) is 0.353. The number of nitrogens with zero attached hydrogens (tertiary/aromatic N) is 4. The highest BCUT2D eigenvalue weighted by Crippen LogP contribution is 2.29. The zero-order valence-corrected chi connectivity index (χ0v) is 13.4. The van der Waals surface area contributed by atoms with E-state index in [-0.39, 0.29) is 5.56 Å². The lowest BCUT2D eigenvalue weighted by molar-refractivity contribution is 0.0697. The van der Waals surface area contributed by atoms with Crippen molar-refractivity contribution in [1.82, 2.24) is 14.9 Å². The molecule has 23 heavy (non-hydrogen) atoms. The van der Waals surface area contributed by atoms with Crippen LogP contribution in [0.2, 0.25) is 0 Å². The summed E-state index contributed by atoms with van der Waals surface area (Å²) >= 11 is 0. The molecule has 1 aliphatic rings. The molecule has 1 saturated heterocycles. The van der Waals surface area contributed by atoms with Gasteiger partial charge in [0.2, 0.25) is 0 Å². The Balaban J connectivity index is 2.04. The van der Waals surface area contributed by atoms with E-state index in [4.69, 9.17) is 0 Å². The summed E-state index contributed by atoms with van der Waals surface area (Å²) < 4.78 is 0. The Kier molecular flexibility index (Phi) is 4.25. The van der Waals surface area contributed by atoms with Gasteiger partial charge in [0.1, 0.15) is 5.82 Å². The van der Waals surface area contributed by atoms with Gasteiger partial charge in [0.25, 0.3) is 0 Å². The van der Waals surface area contributed by atoms with Crippen molar-refractivity contribution in [3.05, 3.63) is 41.9 Å². The molecule has 0 radical (unpaired) electrons. The van der Waals surface area contributed by atoms with E-state index in [9.17, 15) is 9.90 Å². The Hall–Kier alpha value is -2.47. The largest absolute Gasteiger partial charge is 0.478 e. The van der Waals surface area contributed by atoms with Crippen molar-refractivity contribution in [2.45, 2.75) is 6.92 Å². The minimum atomic E-state index is -0.972. The fourth-order valence-electron chi connectivity index (χ4n) is 2.82. The Morgan fingerprint density at radius 1 is 1.17 bits per heavy atom. The van der Waals surface area contributed by atoms with Crippen LogP contribution < -0.4 is 4.90 Å². The third-order valence-electron chi connectivity index (χ3n) is 4.24. The van der Waals surface area contributed by atoms with Crippen LogP contribution in [0.1, 0.15) is 16.1 Å². The van der Waals surface area contributed by atoms with Gasteiger partial charge >= 0.3 is 5.97 Å². The number of carboxylic acids is 1. The smallest absolute Gasteiger partial charge is 0.337 e. The van der Waals surface area contributed by atoms with Crippen LogP contribution in [0.3, 0.4) is 0 Å². The predicted molar refractivity (Wildman–Crippen MR) is 88.9 cm³/mol. The van der Waals surface area contributed by atoms with Crippen molar-refractivity contribution < 1.29 is 9.90 Å². The molecule has 0 amide bonds. The van der Waals surface area contributed by atoms with E-state index in [1.807, 2.05) is 25.1 Å². The van der Waals surface area contributed by atoms with E-state index < -0.39 is 5.97 Å². The van der Waals surface area contributed by atoms with E-state index in [1.54, 1.807) is 6.20 Å². The van der Waals surface area contributed by atoms with Crippen molar-refractivity contribution in [2.24, 2.45) is 0 Å². The monoisotopic (exact) mass is 312 g/mol. The molecule has 6 nitrogen and oxygen atoms in total. The molecule has 1 N–H and O–H groups in total. The molecule has 0 aliphatic carbocycles. The van der Waals surface area contributed by atoms with Crippen molar-refractivity contribution in [3.63, 3.8) is 0 Å².